The molecule has 0 aliphatic rings. The quantitative estimate of drug-likeness (QED) is 0.537. The summed E-state index contributed by atoms with van der Waals surface area (Å²) in [6.07, 6.45) is 0.760. The highest BCUT2D eigenvalue weighted by Gasteiger charge is 2.22. The average Bonchev–Trinajstić information content (AvgIpc) is 3.14. The lowest BCUT2D eigenvalue weighted by Crippen LogP contribution is -2.39. The fourth-order valence-electron chi connectivity index (χ4n) is 2.93. The van der Waals surface area contributed by atoms with Crippen LogP contribution < -0.4 is 15.8 Å². The summed E-state index contributed by atoms with van der Waals surface area (Å²) in [5.41, 5.74) is 7.03. The lowest BCUT2D eigenvalue weighted by atomic mass is 10.1. The van der Waals surface area contributed by atoms with Gasteiger partial charge in [-0.05, 0) is 31.0 Å². The number of aromatic nitrogens is 3. The van der Waals surface area contributed by atoms with Crippen LogP contribution in [-0.4, -0.2) is 39.1 Å². The number of hydrogen-bond donors (Lipinski definition) is 2. The van der Waals surface area contributed by atoms with E-state index in [1.165, 1.54) is 17.3 Å². The van der Waals surface area contributed by atoms with Crippen molar-refractivity contribution in [2.24, 2.45) is 5.73 Å². The van der Waals surface area contributed by atoms with Crippen LogP contribution in [0.2, 0.25) is 0 Å². The maximum atomic E-state index is 12.1. The highest BCUT2D eigenvalue weighted by molar-refractivity contribution is 8.00. The number of thioether (sulfide) groups is 1. The van der Waals surface area contributed by atoms with Gasteiger partial charge in [0.1, 0.15) is 5.75 Å². The zero-order valence-corrected chi connectivity index (χ0v) is 17.6. The monoisotopic (exact) mass is 425 g/mol. The van der Waals surface area contributed by atoms with Gasteiger partial charge in [0, 0.05) is 6.54 Å². The van der Waals surface area contributed by atoms with Gasteiger partial charge in [0.15, 0.2) is 11.0 Å². The van der Waals surface area contributed by atoms with Crippen LogP contribution in [0.3, 0.4) is 0 Å². The van der Waals surface area contributed by atoms with Crippen LogP contribution >= 0.6 is 11.8 Å². The van der Waals surface area contributed by atoms with E-state index >= 15 is 0 Å². The Morgan fingerprint density at radius 3 is 2.53 bits per heavy atom. The minimum atomic E-state index is -0.882. The summed E-state index contributed by atoms with van der Waals surface area (Å²) in [6.45, 7) is 2.29. The van der Waals surface area contributed by atoms with Crippen LogP contribution in [0.25, 0.3) is 11.4 Å². The third kappa shape index (κ3) is 5.18. The molecule has 9 heteroatoms. The number of benzene rings is 2. The normalized spacial score (nSPS) is 11.7. The molecular weight excluding hydrogens is 402 g/mol. The maximum Gasteiger partial charge on any atom is 0.318 e. The second kappa shape index (κ2) is 9.93. The number of primary amides is 1. The molecule has 0 radical (unpaired) electrons. The molecule has 0 aliphatic heterocycles. The fraction of sp³-hybridized carbons (Fsp3) is 0.238. The number of urea groups is 1. The highest BCUT2D eigenvalue weighted by Crippen LogP contribution is 2.32. The van der Waals surface area contributed by atoms with Crippen molar-refractivity contribution in [2.45, 2.75) is 30.3 Å². The number of nitrogens with zero attached hydrogens (tertiary/aromatic N) is 3. The first-order valence-electron chi connectivity index (χ1n) is 9.37. The third-order valence-corrected chi connectivity index (χ3v) is 5.51. The van der Waals surface area contributed by atoms with Crippen molar-refractivity contribution in [2.75, 3.05) is 7.11 Å². The van der Waals surface area contributed by atoms with Crippen molar-refractivity contribution >= 4 is 23.7 Å². The molecule has 0 fully saturated rings. The predicted octanol–water partition coefficient (Wildman–Crippen LogP) is 2.87. The van der Waals surface area contributed by atoms with Crippen molar-refractivity contribution in [1.29, 1.82) is 0 Å². The van der Waals surface area contributed by atoms with Gasteiger partial charge in [-0.25, -0.2) is 4.79 Å². The molecule has 0 saturated carbocycles. The number of carbonyl (C=O) groups excluding carboxylic acids is 2. The molecule has 3 aromatic rings. The summed E-state index contributed by atoms with van der Waals surface area (Å²) >= 11 is 1.21. The Bertz CT molecular complexity index is 1020. The molecule has 1 aromatic heterocycles. The van der Waals surface area contributed by atoms with E-state index in [9.17, 15) is 9.59 Å². The summed E-state index contributed by atoms with van der Waals surface area (Å²) in [6, 6.07) is 16.8. The minimum absolute atomic E-state index is 0.482. The Kier molecular flexibility index (Phi) is 7.08. The number of carbonyl (C=O) groups is 2. The van der Waals surface area contributed by atoms with Crippen LogP contribution in [0.5, 0.6) is 5.75 Å². The van der Waals surface area contributed by atoms with Crippen molar-refractivity contribution < 1.29 is 14.3 Å². The molecule has 1 heterocycles. The number of amides is 3. The van der Waals surface area contributed by atoms with E-state index in [1.807, 2.05) is 47.0 Å². The summed E-state index contributed by atoms with van der Waals surface area (Å²) in [4.78, 5) is 23.1. The van der Waals surface area contributed by atoms with Gasteiger partial charge >= 0.3 is 6.03 Å². The van der Waals surface area contributed by atoms with E-state index in [4.69, 9.17) is 10.5 Å². The summed E-state index contributed by atoms with van der Waals surface area (Å²) in [5.74, 6) is 0.847. The van der Waals surface area contributed by atoms with Crippen LogP contribution in [-0.2, 0) is 17.8 Å². The Morgan fingerprint density at radius 1 is 1.13 bits per heavy atom. The molecule has 1 unspecified atom stereocenters. The number of nitrogens with one attached hydrogen (secondary N) is 1. The number of hydrogen-bond acceptors (Lipinski definition) is 6. The van der Waals surface area contributed by atoms with Crippen molar-refractivity contribution in [3.63, 3.8) is 0 Å². The van der Waals surface area contributed by atoms with Crippen LogP contribution in [0.1, 0.15) is 12.5 Å². The van der Waals surface area contributed by atoms with Crippen molar-refractivity contribution in [3.8, 4) is 17.1 Å². The molecule has 1 atom stereocenters. The molecule has 3 rings (SSSR count). The summed E-state index contributed by atoms with van der Waals surface area (Å²) < 4.78 is 7.45. The Balaban J connectivity index is 1.93. The zero-order valence-electron chi connectivity index (χ0n) is 16.7. The molecule has 2 aromatic carbocycles. The smallest absolute Gasteiger partial charge is 0.318 e. The fourth-order valence-corrected chi connectivity index (χ4v) is 3.80. The number of para-hydroxylation sites is 1. The van der Waals surface area contributed by atoms with Crippen LogP contribution in [0.4, 0.5) is 4.79 Å². The topological polar surface area (TPSA) is 112 Å². The molecule has 0 bridgehead atoms. The molecule has 0 aliphatic carbocycles. The molecule has 3 amide bonds. The van der Waals surface area contributed by atoms with Gasteiger partial charge in [0.25, 0.3) is 0 Å². The van der Waals surface area contributed by atoms with E-state index in [1.54, 1.807) is 14.0 Å². The maximum absolute atomic E-state index is 12.1. The van der Waals surface area contributed by atoms with Gasteiger partial charge in [-0.15, -0.1) is 10.2 Å². The van der Waals surface area contributed by atoms with E-state index in [-0.39, 0.29) is 0 Å². The average molecular weight is 426 g/mol. The van der Waals surface area contributed by atoms with E-state index in [2.05, 4.69) is 27.6 Å². The van der Waals surface area contributed by atoms with Gasteiger partial charge in [0.2, 0.25) is 5.91 Å². The first-order chi connectivity index (χ1) is 14.5. The SMILES string of the molecule is COc1ccccc1-c1nnc(SC(C)C(=O)NC(N)=O)n1CCc1ccccc1. The molecule has 0 spiro atoms. The largest absolute Gasteiger partial charge is 0.496 e. The molecular formula is C21H23N5O3S. The van der Waals surface area contributed by atoms with Crippen LogP contribution in [0, 0.1) is 0 Å². The number of ether oxygens (including phenoxy) is 1. The van der Waals surface area contributed by atoms with Gasteiger partial charge in [-0.2, -0.15) is 0 Å². The first kappa shape index (κ1) is 21.4. The molecule has 156 valence electrons. The molecule has 0 saturated heterocycles. The summed E-state index contributed by atoms with van der Waals surface area (Å²) in [7, 11) is 1.61. The third-order valence-electron chi connectivity index (χ3n) is 4.43. The van der Waals surface area contributed by atoms with E-state index in [0.717, 1.165) is 12.0 Å². The second-order valence-electron chi connectivity index (χ2n) is 6.51. The number of aryl methyl sites for hydroxylation is 1. The summed E-state index contributed by atoms with van der Waals surface area (Å²) in [5, 5.41) is 10.8. The molecule has 3 N–H and O–H groups in total. The lowest BCUT2D eigenvalue weighted by molar-refractivity contribution is -0.119. The Labute approximate surface area is 178 Å². The number of nitrogens with two attached hydrogens (primary N) is 1. The van der Waals surface area contributed by atoms with E-state index in [0.29, 0.717) is 23.3 Å². The molecule has 30 heavy (non-hydrogen) atoms. The number of imide groups is 1. The lowest BCUT2D eigenvalue weighted by Gasteiger charge is -2.14. The Morgan fingerprint density at radius 2 is 1.83 bits per heavy atom. The van der Waals surface area contributed by atoms with Gasteiger partial charge in [0.05, 0.1) is 17.9 Å². The Hall–Kier alpha value is -3.33. The van der Waals surface area contributed by atoms with Crippen molar-refractivity contribution in [1.82, 2.24) is 20.1 Å². The zero-order chi connectivity index (χ0) is 21.5. The standard InChI is InChI=1S/C21H23N5O3S/c1-14(19(27)23-20(22)28)30-21-25-24-18(16-10-6-7-11-17(16)29-2)26(21)13-12-15-8-4-3-5-9-15/h3-11,14H,12-13H2,1-2H3,(H3,22,23,27,28). The number of methoxy groups -OCH3 is 1. The predicted molar refractivity (Wildman–Crippen MR) is 115 cm³/mol. The van der Waals surface area contributed by atoms with Crippen molar-refractivity contribution in [3.05, 3.63) is 60.2 Å². The second-order valence-corrected chi connectivity index (χ2v) is 7.82. The number of rotatable bonds is 8. The van der Waals surface area contributed by atoms with Gasteiger partial charge in [-0.1, -0.05) is 54.2 Å². The first-order valence-corrected chi connectivity index (χ1v) is 10.2. The van der Waals surface area contributed by atoms with Gasteiger partial charge in [-0.3, -0.25) is 10.1 Å². The highest BCUT2D eigenvalue weighted by atomic mass is 32.2. The van der Waals surface area contributed by atoms with Crippen LogP contribution in [0.15, 0.2) is 59.8 Å². The minimum Gasteiger partial charge on any atom is -0.496 e. The molecule has 8 nitrogen and oxygen atoms in total. The van der Waals surface area contributed by atoms with E-state index < -0.39 is 17.2 Å². The van der Waals surface area contributed by atoms with Gasteiger partial charge < -0.3 is 15.0 Å².